The molecule has 1 nitrogen and oxygen atoms in total. The second-order valence-electron chi connectivity index (χ2n) is 14.6. The Balaban J connectivity index is 0.00000126. The van der Waals surface area contributed by atoms with E-state index >= 15 is 0 Å². The number of benzene rings is 6. The first kappa shape index (κ1) is 33.6. The summed E-state index contributed by atoms with van der Waals surface area (Å²) in [5, 5.41) is 2.81. The van der Waals surface area contributed by atoms with E-state index in [1.54, 1.807) is 6.08 Å². The van der Waals surface area contributed by atoms with Crippen LogP contribution in [0.15, 0.2) is 140 Å². The molecule has 0 atom stereocenters. The predicted octanol–water partition coefficient (Wildman–Crippen LogP) is 14.2. The molecule has 0 saturated carbocycles. The molecule has 0 aliphatic heterocycles. The van der Waals surface area contributed by atoms with E-state index in [0.717, 1.165) is 12.1 Å². The topological polar surface area (TPSA) is 3.24 Å². The number of nitrogens with zero attached hydrogens (tertiary/aromatic N) is 1. The van der Waals surface area contributed by atoms with E-state index in [-0.39, 0.29) is 10.8 Å². The van der Waals surface area contributed by atoms with Crippen LogP contribution in [0, 0.1) is 6.92 Å². The minimum atomic E-state index is -0.154. The van der Waals surface area contributed by atoms with Crippen LogP contribution in [0.3, 0.4) is 0 Å². The van der Waals surface area contributed by atoms with Crippen LogP contribution < -0.4 is 4.90 Å². The Hall–Kier alpha value is -4.92. The Morgan fingerprint density at radius 1 is 0.700 bits per heavy atom. The Labute approximate surface area is 302 Å². The standard InChI is InChI=1S/C45H41NS.C3H6/c1-7-34-39(26-27-42-43(34)37-13-9-11-15-41(37)47-42)44(3,4)30-18-22-32(23-19-30)46(31-20-16-29(2)17-21-31)33-24-25-36-35-12-8-10-14-38(35)45(5,6)40(36)28-33;1-3-2/h8-28H,7H2,1-6H3;3H,1H2,2H3. The molecule has 0 radical (unpaired) electrons. The van der Waals surface area contributed by atoms with Crippen molar-refractivity contribution in [2.45, 2.75) is 65.7 Å². The summed E-state index contributed by atoms with van der Waals surface area (Å²) in [5.41, 5.74) is 14.3. The highest BCUT2D eigenvalue weighted by molar-refractivity contribution is 7.25. The van der Waals surface area contributed by atoms with Gasteiger partial charge in [-0.1, -0.05) is 125 Å². The maximum Gasteiger partial charge on any atom is 0.0465 e. The van der Waals surface area contributed by atoms with Crippen molar-refractivity contribution in [3.63, 3.8) is 0 Å². The van der Waals surface area contributed by atoms with E-state index in [1.807, 2.05) is 18.3 Å². The molecule has 0 saturated heterocycles. The third-order valence-corrected chi connectivity index (χ3v) is 11.8. The number of hydrogen-bond acceptors (Lipinski definition) is 2. The van der Waals surface area contributed by atoms with Gasteiger partial charge >= 0.3 is 0 Å². The lowest BCUT2D eigenvalue weighted by atomic mass is 9.75. The summed E-state index contributed by atoms with van der Waals surface area (Å²) in [6.45, 7) is 19.2. The number of rotatable bonds is 6. The van der Waals surface area contributed by atoms with Crippen LogP contribution in [-0.4, -0.2) is 0 Å². The summed E-state index contributed by atoms with van der Waals surface area (Å²) >= 11 is 1.91. The summed E-state index contributed by atoms with van der Waals surface area (Å²) in [7, 11) is 0. The average Bonchev–Trinajstić information content (AvgIpc) is 3.61. The molecule has 0 unspecified atom stereocenters. The minimum absolute atomic E-state index is 0.0549. The normalized spacial score (nSPS) is 13.0. The number of fused-ring (bicyclic) bond motifs is 6. The fourth-order valence-corrected chi connectivity index (χ4v) is 9.13. The Kier molecular flexibility index (Phi) is 8.78. The molecule has 1 aliphatic rings. The smallest absolute Gasteiger partial charge is 0.0465 e. The molecule has 7 aromatic rings. The third kappa shape index (κ3) is 5.56. The maximum atomic E-state index is 3.36. The molecule has 250 valence electrons. The first-order valence-corrected chi connectivity index (χ1v) is 18.6. The van der Waals surface area contributed by atoms with E-state index in [2.05, 4.69) is 180 Å². The predicted molar refractivity (Wildman–Crippen MR) is 220 cm³/mol. The van der Waals surface area contributed by atoms with Crippen LogP contribution in [-0.2, 0) is 17.3 Å². The molecule has 2 heteroatoms. The number of anilines is 3. The van der Waals surface area contributed by atoms with Gasteiger partial charge in [0.15, 0.2) is 0 Å². The zero-order valence-electron chi connectivity index (χ0n) is 30.5. The molecule has 50 heavy (non-hydrogen) atoms. The number of hydrogen-bond donors (Lipinski definition) is 0. The van der Waals surface area contributed by atoms with Crippen LogP contribution >= 0.6 is 11.3 Å². The van der Waals surface area contributed by atoms with Gasteiger partial charge in [0.1, 0.15) is 0 Å². The van der Waals surface area contributed by atoms with Crippen LogP contribution in [0.25, 0.3) is 31.3 Å². The molecule has 8 rings (SSSR count). The summed E-state index contributed by atoms with van der Waals surface area (Å²) in [4.78, 5) is 2.41. The molecule has 1 heterocycles. The van der Waals surface area contributed by atoms with Crippen molar-refractivity contribution in [2.24, 2.45) is 0 Å². The molecular weight excluding hydrogens is 623 g/mol. The van der Waals surface area contributed by atoms with Gasteiger partial charge in [0.25, 0.3) is 0 Å². The van der Waals surface area contributed by atoms with Crippen molar-refractivity contribution in [3.8, 4) is 11.1 Å². The summed E-state index contributed by atoms with van der Waals surface area (Å²) in [6.07, 6.45) is 2.76. The monoisotopic (exact) mass is 669 g/mol. The number of thiophene rings is 1. The zero-order valence-corrected chi connectivity index (χ0v) is 31.3. The third-order valence-electron chi connectivity index (χ3n) is 10.6. The van der Waals surface area contributed by atoms with Gasteiger partial charge in [0, 0.05) is 48.1 Å². The second kappa shape index (κ2) is 13.1. The van der Waals surface area contributed by atoms with Gasteiger partial charge in [0.05, 0.1) is 0 Å². The molecule has 1 aromatic heterocycles. The molecule has 0 spiro atoms. The summed E-state index contributed by atoms with van der Waals surface area (Å²) in [6, 6.07) is 47.7. The van der Waals surface area contributed by atoms with Crippen LogP contribution in [0.4, 0.5) is 17.1 Å². The van der Waals surface area contributed by atoms with Crippen molar-refractivity contribution in [3.05, 3.63) is 173 Å². The fourth-order valence-electron chi connectivity index (χ4n) is 8.00. The van der Waals surface area contributed by atoms with Crippen molar-refractivity contribution in [1.29, 1.82) is 0 Å². The van der Waals surface area contributed by atoms with Crippen molar-refractivity contribution >= 4 is 48.6 Å². The number of allylic oxidation sites excluding steroid dienone is 1. The van der Waals surface area contributed by atoms with Gasteiger partial charge in [0.2, 0.25) is 0 Å². The molecular formula is C48H47NS. The molecule has 0 fully saturated rings. The molecule has 0 N–H and O–H groups in total. The van der Waals surface area contributed by atoms with E-state index < -0.39 is 0 Å². The van der Waals surface area contributed by atoms with Crippen LogP contribution in [0.1, 0.15) is 74.9 Å². The van der Waals surface area contributed by atoms with E-state index in [0.29, 0.717) is 0 Å². The second-order valence-corrected chi connectivity index (χ2v) is 15.7. The maximum absolute atomic E-state index is 3.36. The molecule has 1 aliphatic carbocycles. The van der Waals surface area contributed by atoms with E-state index in [9.17, 15) is 0 Å². The summed E-state index contributed by atoms with van der Waals surface area (Å²) in [5.74, 6) is 0. The first-order chi connectivity index (χ1) is 24.1. The zero-order chi connectivity index (χ0) is 35.2. The average molecular weight is 670 g/mol. The van der Waals surface area contributed by atoms with Gasteiger partial charge in [-0.15, -0.1) is 17.9 Å². The minimum Gasteiger partial charge on any atom is -0.310 e. The van der Waals surface area contributed by atoms with Crippen molar-refractivity contribution < 1.29 is 0 Å². The molecule has 0 amide bonds. The Morgan fingerprint density at radius 3 is 2.00 bits per heavy atom. The van der Waals surface area contributed by atoms with Crippen molar-refractivity contribution in [1.82, 2.24) is 0 Å². The Bertz CT molecular complexity index is 2330. The van der Waals surface area contributed by atoms with E-state index in [1.165, 1.54) is 76.1 Å². The van der Waals surface area contributed by atoms with Gasteiger partial charge < -0.3 is 4.90 Å². The Morgan fingerprint density at radius 2 is 1.30 bits per heavy atom. The first-order valence-electron chi connectivity index (χ1n) is 17.8. The lowest BCUT2D eigenvalue weighted by Gasteiger charge is -2.31. The lowest BCUT2D eigenvalue weighted by molar-refractivity contribution is 0.634. The summed E-state index contributed by atoms with van der Waals surface area (Å²) < 4.78 is 2.75. The van der Waals surface area contributed by atoms with Crippen LogP contribution in [0.5, 0.6) is 0 Å². The number of aryl methyl sites for hydroxylation is 2. The highest BCUT2D eigenvalue weighted by atomic mass is 32.1. The van der Waals surface area contributed by atoms with Gasteiger partial charge in [-0.3, -0.25) is 0 Å². The quantitative estimate of drug-likeness (QED) is 0.159. The van der Waals surface area contributed by atoms with Gasteiger partial charge in [-0.2, -0.15) is 0 Å². The lowest BCUT2D eigenvalue weighted by Crippen LogP contribution is -2.21. The van der Waals surface area contributed by atoms with E-state index in [4.69, 9.17) is 0 Å². The largest absolute Gasteiger partial charge is 0.310 e. The van der Waals surface area contributed by atoms with Gasteiger partial charge in [-0.25, -0.2) is 0 Å². The fraction of sp³-hybridized carbons (Fsp3) is 0.208. The van der Waals surface area contributed by atoms with Gasteiger partial charge in [-0.05, 0) is 108 Å². The SMILES string of the molecule is C=CC.CCc1c(C(C)(C)c2ccc(N(c3ccc(C)cc3)c3ccc4c(c3)C(C)(C)c3ccccc3-4)cc2)ccc2sc3ccccc3c12. The van der Waals surface area contributed by atoms with Crippen LogP contribution in [0.2, 0.25) is 0 Å². The van der Waals surface area contributed by atoms with Crippen molar-refractivity contribution in [2.75, 3.05) is 4.90 Å². The molecule has 6 aromatic carbocycles. The molecule has 0 bridgehead atoms. The highest BCUT2D eigenvalue weighted by Crippen LogP contribution is 2.51. The highest BCUT2D eigenvalue weighted by Gasteiger charge is 2.36.